The molecule has 2 N–H and O–H groups in total. The van der Waals surface area contributed by atoms with Crippen LogP contribution in [0.2, 0.25) is 0 Å². The Morgan fingerprint density at radius 3 is 2.72 bits per heavy atom. The third-order valence-corrected chi connectivity index (χ3v) is 5.92. The number of ketones is 1. The van der Waals surface area contributed by atoms with Crippen LogP contribution in [0.4, 0.5) is 5.82 Å². The summed E-state index contributed by atoms with van der Waals surface area (Å²) in [6, 6.07) is 11.6. The summed E-state index contributed by atoms with van der Waals surface area (Å²) in [5.74, 6) is -0.718. The van der Waals surface area contributed by atoms with Gasteiger partial charge in [0.1, 0.15) is 17.5 Å². The number of carboxylic acids is 1. The first-order valence-electron chi connectivity index (χ1n) is 11.3. The molecule has 1 aromatic carbocycles. The Morgan fingerprint density at radius 2 is 1.88 bits per heavy atom. The van der Waals surface area contributed by atoms with Gasteiger partial charge in [0.15, 0.2) is 0 Å². The zero-order valence-electron chi connectivity index (χ0n) is 18.1. The maximum absolute atomic E-state index is 12.4. The number of anilines is 1. The van der Waals surface area contributed by atoms with Gasteiger partial charge < -0.3 is 10.4 Å². The molecular weight excluding hydrogens is 404 g/mol. The lowest BCUT2D eigenvalue weighted by molar-refractivity contribution is -0.139. The predicted molar refractivity (Wildman–Crippen MR) is 123 cm³/mol. The molecule has 1 atom stereocenters. The van der Waals surface area contributed by atoms with Gasteiger partial charge in [0.2, 0.25) is 0 Å². The Hall–Kier alpha value is -3.35. The number of nitrogens with one attached hydrogen (secondary N) is 1. The van der Waals surface area contributed by atoms with Crippen LogP contribution in [-0.2, 0) is 22.4 Å². The number of pyridine rings is 1. The summed E-state index contributed by atoms with van der Waals surface area (Å²) in [5, 5.41) is 13.0. The Labute approximate surface area is 187 Å². The van der Waals surface area contributed by atoms with Crippen LogP contribution in [0.1, 0.15) is 61.4 Å². The van der Waals surface area contributed by atoms with Crippen molar-refractivity contribution in [3.05, 3.63) is 59.5 Å². The summed E-state index contributed by atoms with van der Waals surface area (Å²) in [6.45, 7) is 0.972. The summed E-state index contributed by atoms with van der Waals surface area (Å²) in [7, 11) is 0. The fraction of sp³-hybridized carbons (Fsp3) is 0.400. The number of nitrogens with zero attached hydrogens (tertiary/aromatic N) is 3. The number of benzene rings is 1. The topological polar surface area (TPSA) is 105 Å². The molecule has 0 fully saturated rings. The normalized spacial score (nSPS) is 13.9. The van der Waals surface area contributed by atoms with Gasteiger partial charge in [-0.1, -0.05) is 18.2 Å². The number of carbonyl (C=O) groups is 2. The minimum Gasteiger partial charge on any atom is -0.481 e. The number of Topliss-reactive ketones (excluding diaryl/α,β-unsaturated/α-hetero) is 1. The summed E-state index contributed by atoms with van der Waals surface area (Å²) >= 11 is 0. The highest BCUT2D eigenvalue weighted by Crippen LogP contribution is 2.23. The smallest absolute Gasteiger partial charge is 0.312 e. The number of aromatic nitrogens is 3. The lowest BCUT2D eigenvalue weighted by Crippen LogP contribution is -2.15. The van der Waals surface area contributed by atoms with E-state index in [1.54, 1.807) is 0 Å². The van der Waals surface area contributed by atoms with Gasteiger partial charge in [-0.25, -0.2) is 9.97 Å². The van der Waals surface area contributed by atoms with Gasteiger partial charge in [0, 0.05) is 25.1 Å². The van der Waals surface area contributed by atoms with Crippen LogP contribution in [0.5, 0.6) is 0 Å². The molecule has 0 saturated carbocycles. The van der Waals surface area contributed by atoms with E-state index in [1.807, 2.05) is 24.3 Å². The van der Waals surface area contributed by atoms with Crippen LogP contribution in [0.25, 0.3) is 11.0 Å². The number of aryl methyl sites for hydroxylation is 2. The molecule has 166 valence electrons. The summed E-state index contributed by atoms with van der Waals surface area (Å²) in [5.41, 5.74) is 4.11. The van der Waals surface area contributed by atoms with Crippen LogP contribution in [0.3, 0.4) is 0 Å². The molecule has 7 heteroatoms. The number of rotatable bonds is 10. The molecule has 0 radical (unpaired) electrons. The van der Waals surface area contributed by atoms with E-state index in [2.05, 4.69) is 32.4 Å². The van der Waals surface area contributed by atoms with E-state index in [1.165, 1.54) is 11.8 Å². The highest BCUT2D eigenvalue weighted by Gasteiger charge is 2.23. The number of para-hydroxylation sites is 2. The molecule has 4 rings (SSSR count). The molecular formula is C25H28N4O3. The summed E-state index contributed by atoms with van der Waals surface area (Å²) < 4.78 is 0. The van der Waals surface area contributed by atoms with Crippen LogP contribution in [0, 0.1) is 0 Å². The molecule has 7 nitrogen and oxygen atoms in total. The molecule has 0 amide bonds. The molecule has 0 spiro atoms. The van der Waals surface area contributed by atoms with E-state index < -0.39 is 11.9 Å². The maximum atomic E-state index is 12.4. The monoisotopic (exact) mass is 432 g/mol. The Morgan fingerprint density at radius 1 is 1.03 bits per heavy atom. The standard InChI is InChI=1S/C25H28N4O3/c30-19(8-2-1-7-18-12-11-17-6-5-15-26-24(17)28-18)13-14-20(25(31)32)23-16-27-21-9-3-4-10-22(21)29-23/h3-4,9-12,16,20H,1-2,5-8,13-15H2,(H,26,28)(H,31,32)/t20-/m0/s1. The van der Waals surface area contributed by atoms with Crippen LogP contribution in [-0.4, -0.2) is 38.4 Å². The van der Waals surface area contributed by atoms with E-state index in [9.17, 15) is 14.7 Å². The average molecular weight is 433 g/mol. The van der Waals surface area contributed by atoms with Crippen molar-refractivity contribution in [3.63, 3.8) is 0 Å². The van der Waals surface area contributed by atoms with Crippen molar-refractivity contribution < 1.29 is 14.7 Å². The average Bonchev–Trinajstić information content (AvgIpc) is 2.81. The number of aliphatic carboxylic acids is 1. The Balaban J connectivity index is 1.24. The van der Waals surface area contributed by atoms with Gasteiger partial charge in [0.25, 0.3) is 0 Å². The fourth-order valence-corrected chi connectivity index (χ4v) is 4.10. The van der Waals surface area contributed by atoms with Crippen molar-refractivity contribution in [1.29, 1.82) is 0 Å². The first-order valence-corrected chi connectivity index (χ1v) is 11.3. The quantitative estimate of drug-likeness (QED) is 0.460. The zero-order chi connectivity index (χ0) is 22.3. The van der Waals surface area contributed by atoms with E-state index >= 15 is 0 Å². The van der Waals surface area contributed by atoms with E-state index in [4.69, 9.17) is 0 Å². The molecule has 2 aromatic heterocycles. The van der Waals surface area contributed by atoms with Crippen LogP contribution < -0.4 is 5.32 Å². The molecule has 1 aliphatic rings. The van der Waals surface area contributed by atoms with Gasteiger partial charge in [0.05, 0.1) is 22.9 Å². The number of carboxylic acid groups (broad SMARTS) is 1. The van der Waals surface area contributed by atoms with E-state index in [0.29, 0.717) is 17.6 Å². The third-order valence-electron chi connectivity index (χ3n) is 5.92. The second-order valence-corrected chi connectivity index (χ2v) is 8.30. The van der Waals surface area contributed by atoms with Crippen LogP contribution in [0.15, 0.2) is 42.6 Å². The molecule has 1 aliphatic heterocycles. The molecule has 3 heterocycles. The molecule has 32 heavy (non-hydrogen) atoms. The minimum absolute atomic E-state index is 0.0880. The van der Waals surface area contributed by atoms with Crippen molar-refractivity contribution in [1.82, 2.24) is 15.0 Å². The minimum atomic E-state index is -0.977. The predicted octanol–water partition coefficient (Wildman–Crippen LogP) is 4.31. The lowest BCUT2D eigenvalue weighted by Gasteiger charge is -2.17. The van der Waals surface area contributed by atoms with Gasteiger partial charge in [-0.05, 0) is 62.3 Å². The van der Waals surface area contributed by atoms with Gasteiger partial charge in [-0.3, -0.25) is 14.6 Å². The second-order valence-electron chi connectivity index (χ2n) is 8.30. The molecule has 3 aromatic rings. The highest BCUT2D eigenvalue weighted by molar-refractivity contribution is 5.81. The number of unbranched alkanes of at least 4 members (excludes halogenated alkanes) is 1. The number of carbonyl (C=O) groups excluding carboxylic acids is 1. The maximum Gasteiger partial charge on any atom is 0.312 e. The molecule has 0 bridgehead atoms. The third kappa shape index (κ3) is 5.46. The fourth-order valence-electron chi connectivity index (χ4n) is 4.10. The molecule has 0 aliphatic carbocycles. The van der Waals surface area contributed by atoms with Crippen molar-refractivity contribution in [3.8, 4) is 0 Å². The SMILES string of the molecule is O=C(CCCCc1ccc2c(n1)NCCC2)CC[C@H](C(=O)O)c1cnc2ccccc2n1. The first-order chi connectivity index (χ1) is 15.6. The lowest BCUT2D eigenvalue weighted by atomic mass is 9.96. The zero-order valence-corrected chi connectivity index (χ0v) is 18.1. The first kappa shape index (κ1) is 21.9. The van der Waals surface area contributed by atoms with Crippen molar-refractivity contribution in [2.45, 2.75) is 57.3 Å². The second kappa shape index (κ2) is 10.3. The van der Waals surface area contributed by atoms with E-state index in [0.717, 1.165) is 55.7 Å². The van der Waals surface area contributed by atoms with Gasteiger partial charge in [-0.2, -0.15) is 0 Å². The number of hydrogen-bond acceptors (Lipinski definition) is 6. The van der Waals surface area contributed by atoms with E-state index in [-0.39, 0.29) is 18.6 Å². The van der Waals surface area contributed by atoms with Crippen molar-refractivity contribution in [2.24, 2.45) is 0 Å². The summed E-state index contributed by atoms with van der Waals surface area (Å²) in [6.07, 6.45) is 7.15. The number of hydrogen-bond donors (Lipinski definition) is 2. The Kier molecular flexibility index (Phi) is 7.04. The Bertz CT molecular complexity index is 1120. The molecule has 0 saturated heterocycles. The summed E-state index contributed by atoms with van der Waals surface area (Å²) in [4.78, 5) is 37.6. The largest absolute Gasteiger partial charge is 0.481 e. The highest BCUT2D eigenvalue weighted by atomic mass is 16.4. The van der Waals surface area contributed by atoms with Gasteiger partial charge >= 0.3 is 5.97 Å². The van der Waals surface area contributed by atoms with Gasteiger partial charge in [-0.15, -0.1) is 0 Å². The number of fused-ring (bicyclic) bond motifs is 2. The molecule has 0 unspecified atom stereocenters. The van der Waals surface area contributed by atoms with Crippen molar-refractivity contribution >= 4 is 28.6 Å². The van der Waals surface area contributed by atoms with Crippen molar-refractivity contribution in [2.75, 3.05) is 11.9 Å². The van der Waals surface area contributed by atoms with Crippen LogP contribution >= 0.6 is 0 Å².